The summed E-state index contributed by atoms with van der Waals surface area (Å²) < 4.78 is -0.443. The van der Waals surface area contributed by atoms with Gasteiger partial charge in [-0.3, -0.25) is 0 Å². The van der Waals surface area contributed by atoms with Crippen LogP contribution < -0.4 is 0 Å². The molecule has 0 aliphatic carbocycles. The maximum absolute atomic E-state index is 8.79. The molecule has 0 aliphatic rings. The van der Waals surface area contributed by atoms with E-state index >= 15 is 0 Å². The van der Waals surface area contributed by atoms with E-state index in [0.717, 1.165) is 12.0 Å². The highest BCUT2D eigenvalue weighted by Gasteiger charge is 2.25. The molecule has 76 valence electrons. The summed E-state index contributed by atoms with van der Waals surface area (Å²) in [6.45, 7) is 1.99. The molecule has 0 spiro atoms. The van der Waals surface area contributed by atoms with Crippen molar-refractivity contribution in [3.63, 3.8) is 0 Å². The fraction of sp³-hybridized carbons (Fsp3) is 0.333. The van der Waals surface area contributed by atoms with Gasteiger partial charge in [0, 0.05) is 0 Å². The van der Waals surface area contributed by atoms with Crippen molar-refractivity contribution in [1.82, 2.24) is 0 Å². The van der Waals surface area contributed by atoms with E-state index in [0.29, 0.717) is 12.0 Å². The normalized spacial score (nSPS) is 13.6. The Morgan fingerprint density at radius 3 is 2.67 bits per heavy atom. The second kappa shape index (κ2) is 4.87. The van der Waals surface area contributed by atoms with Gasteiger partial charge in [-0.05, 0) is 24.1 Å². The number of nitriles is 2. The largest absolute Gasteiger partial charge is 0.198 e. The average molecular weight is 216 g/mol. The average Bonchev–Trinajstić information content (AvgIpc) is 2.29. The quantitative estimate of drug-likeness (QED) is 0.789. The lowest BCUT2D eigenvalue weighted by Crippen LogP contribution is -2.16. The minimum atomic E-state index is -0.443. The SMILES string of the molecule is CCC(S)(CC#N)c1cccc(C#N)c1. The van der Waals surface area contributed by atoms with E-state index < -0.39 is 4.75 Å². The first-order chi connectivity index (χ1) is 7.16. The molecule has 0 radical (unpaired) electrons. The molecule has 1 atom stereocenters. The van der Waals surface area contributed by atoms with Crippen molar-refractivity contribution < 1.29 is 0 Å². The first-order valence-corrected chi connectivity index (χ1v) is 5.21. The molecular weight excluding hydrogens is 204 g/mol. The lowest BCUT2D eigenvalue weighted by Gasteiger charge is -2.24. The van der Waals surface area contributed by atoms with E-state index in [4.69, 9.17) is 10.5 Å². The van der Waals surface area contributed by atoms with Gasteiger partial charge in [0.05, 0.1) is 28.9 Å². The molecule has 15 heavy (non-hydrogen) atoms. The maximum Gasteiger partial charge on any atom is 0.0991 e. The predicted molar refractivity (Wildman–Crippen MR) is 62.3 cm³/mol. The van der Waals surface area contributed by atoms with Crippen molar-refractivity contribution in [2.45, 2.75) is 24.5 Å². The van der Waals surface area contributed by atoms with Crippen molar-refractivity contribution in [3.8, 4) is 12.1 Å². The number of benzene rings is 1. The van der Waals surface area contributed by atoms with Crippen molar-refractivity contribution in [2.75, 3.05) is 0 Å². The number of nitrogens with zero attached hydrogens (tertiary/aromatic N) is 2. The van der Waals surface area contributed by atoms with E-state index in [2.05, 4.69) is 24.8 Å². The predicted octanol–water partition coefficient (Wildman–Crippen LogP) is 3.01. The van der Waals surface area contributed by atoms with Crippen LogP contribution in [0.1, 0.15) is 30.9 Å². The van der Waals surface area contributed by atoms with Crippen LogP contribution in [-0.2, 0) is 4.75 Å². The summed E-state index contributed by atoms with van der Waals surface area (Å²) >= 11 is 4.54. The van der Waals surface area contributed by atoms with Gasteiger partial charge in [0.1, 0.15) is 0 Å². The Labute approximate surface area is 95.6 Å². The van der Waals surface area contributed by atoms with E-state index in [1.165, 1.54) is 0 Å². The molecule has 1 rings (SSSR count). The van der Waals surface area contributed by atoms with Crippen LogP contribution >= 0.6 is 12.6 Å². The lowest BCUT2D eigenvalue weighted by atomic mass is 9.91. The molecule has 0 aliphatic heterocycles. The summed E-state index contributed by atoms with van der Waals surface area (Å²) in [6.07, 6.45) is 1.11. The molecule has 1 aromatic rings. The maximum atomic E-state index is 8.79. The zero-order chi connectivity index (χ0) is 11.3. The highest BCUT2D eigenvalue weighted by atomic mass is 32.1. The van der Waals surface area contributed by atoms with Gasteiger partial charge in [-0.2, -0.15) is 23.2 Å². The zero-order valence-corrected chi connectivity index (χ0v) is 9.46. The standard InChI is InChI=1S/C12H12N2S/c1-2-12(15,6-7-13)11-5-3-4-10(8-11)9-14/h3-5,8,15H,2,6H2,1H3. The number of thiol groups is 1. The van der Waals surface area contributed by atoms with E-state index in [9.17, 15) is 0 Å². The third-order valence-corrected chi connectivity index (χ3v) is 3.22. The molecule has 0 bridgehead atoms. The monoisotopic (exact) mass is 216 g/mol. The molecule has 0 aromatic heterocycles. The first-order valence-electron chi connectivity index (χ1n) is 4.76. The fourth-order valence-corrected chi connectivity index (χ4v) is 1.65. The van der Waals surface area contributed by atoms with Gasteiger partial charge < -0.3 is 0 Å². The van der Waals surface area contributed by atoms with E-state index in [-0.39, 0.29) is 0 Å². The van der Waals surface area contributed by atoms with Gasteiger partial charge in [0.2, 0.25) is 0 Å². The summed E-state index contributed by atoms with van der Waals surface area (Å²) in [5, 5.41) is 17.5. The molecule has 0 heterocycles. The van der Waals surface area contributed by atoms with Gasteiger partial charge in [0.25, 0.3) is 0 Å². The van der Waals surface area contributed by atoms with Crippen LogP contribution in [0.5, 0.6) is 0 Å². The summed E-state index contributed by atoms with van der Waals surface area (Å²) in [7, 11) is 0. The van der Waals surface area contributed by atoms with Crippen LogP contribution in [-0.4, -0.2) is 0 Å². The molecule has 0 fully saturated rings. The summed E-state index contributed by atoms with van der Waals surface area (Å²) in [5.41, 5.74) is 1.55. The highest BCUT2D eigenvalue weighted by Crippen LogP contribution is 2.35. The van der Waals surface area contributed by atoms with Crippen LogP contribution in [0, 0.1) is 22.7 Å². The molecule has 0 saturated heterocycles. The molecule has 3 heteroatoms. The Bertz CT molecular complexity index is 428. The second-order valence-electron chi connectivity index (χ2n) is 3.41. The van der Waals surface area contributed by atoms with Gasteiger partial charge in [-0.1, -0.05) is 19.1 Å². The highest BCUT2D eigenvalue weighted by molar-refractivity contribution is 7.81. The van der Waals surface area contributed by atoms with Crippen molar-refractivity contribution in [3.05, 3.63) is 35.4 Å². The summed E-state index contributed by atoms with van der Waals surface area (Å²) in [5.74, 6) is 0. The zero-order valence-electron chi connectivity index (χ0n) is 8.57. The van der Waals surface area contributed by atoms with E-state index in [1.54, 1.807) is 12.1 Å². The van der Waals surface area contributed by atoms with Crippen LogP contribution in [0.15, 0.2) is 24.3 Å². The van der Waals surface area contributed by atoms with Gasteiger partial charge in [0.15, 0.2) is 0 Å². The molecular formula is C12H12N2S. The third kappa shape index (κ3) is 2.52. The minimum Gasteiger partial charge on any atom is -0.198 e. The van der Waals surface area contributed by atoms with Gasteiger partial charge in [-0.15, -0.1) is 0 Å². The number of hydrogen-bond acceptors (Lipinski definition) is 3. The Balaban J connectivity index is 3.14. The van der Waals surface area contributed by atoms with E-state index in [1.807, 2.05) is 19.1 Å². The molecule has 0 saturated carbocycles. The Morgan fingerprint density at radius 1 is 1.40 bits per heavy atom. The number of hydrogen-bond donors (Lipinski definition) is 1. The Morgan fingerprint density at radius 2 is 2.13 bits per heavy atom. The second-order valence-corrected chi connectivity index (χ2v) is 4.27. The summed E-state index contributed by atoms with van der Waals surface area (Å²) in [4.78, 5) is 0. The minimum absolute atomic E-state index is 0.349. The van der Waals surface area contributed by atoms with Crippen LogP contribution in [0.4, 0.5) is 0 Å². The Hall–Kier alpha value is -1.45. The topological polar surface area (TPSA) is 47.6 Å². The first kappa shape index (κ1) is 11.6. The number of rotatable bonds is 3. The molecule has 0 N–H and O–H groups in total. The van der Waals surface area contributed by atoms with Gasteiger partial charge in [-0.25, -0.2) is 0 Å². The summed E-state index contributed by atoms with van der Waals surface area (Å²) in [6, 6.07) is 11.5. The smallest absolute Gasteiger partial charge is 0.0991 e. The van der Waals surface area contributed by atoms with Crippen molar-refractivity contribution >= 4 is 12.6 Å². The van der Waals surface area contributed by atoms with Crippen LogP contribution in [0.3, 0.4) is 0 Å². The fourth-order valence-electron chi connectivity index (χ4n) is 1.44. The molecule has 2 nitrogen and oxygen atoms in total. The third-order valence-electron chi connectivity index (χ3n) is 2.49. The van der Waals surface area contributed by atoms with Crippen molar-refractivity contribution in [1.29, 1.82) is 10.5 Å². The van der Waals surface area contributed by atoms with Crippen LogP contribution in [0.2, 0.25) is 0 Å². The molecule has 1 aromatic carbocycles. The lowest BCUT2D eigenvalue weighted by molar-refractivity contribution is 0.620. The van der Waals surface area contributed by atoms with Crippen molar-refractivity contribution in [2.24, 2.45) is 0 Å². The Kier molecular flexibility index (Phi) is 3.77. The molecule has 0 amide bonds. The van der Waals surface area contributed by atoms with Gasteiger partial charge >= 0.3 is 0 Å². The molecule has 1 unspecified atom stereocenters. The van der Waals surface area contributed by atoms with Crippen LogP contribution in [0.25, 0.3) is 0 Å².